The SMILES string of the molecule is CN(C)C(=O)CNc1ccccc1N1CCC(O)CC1. The van der Waals surface area contributed by atoms with E-state index in [1.165, 1.54) is 0 Å². The van der Waals surface area contributed by atoms with Gasteiger partial charge >= 0.3 is 0 Å². The minimum atomic E-state index is -0.179. The second-order valence-corrected chi connectivity index (χ2v) is 5.38. The molecule has 0 radical (unpaired) electrons. The first kappa shape index (κ1) is 14.7. The fraction of sp³-hybridized carbons (Fsp3) is 0.533. The van der Waals surface area contributed by atoms with Crippen LogP contribution in [0.4, 0.5) is 11.4 Å². The standard InChI is InChI=1S/C15H23N3O2/c1-17(2)15(20)11-16-13-5-3-4-6-14(13)18-9-7-12(19)8-10-18/h3-6,12,16,19H,7-11H2,1-2H3. The van der Waals surface area contributed by atoms with Crippen molar-refractivity contribution in [3.63, 3.8) is 0 Å². The molecule has 0 unspecified atom stereocenters. The molecule has 0 spiro atoms. The van der Waals surface area contributed by atoms with Crippen LogP contribution in [0.2, 0.25) is 0 Å². The predicted octanol–water partition coefficient (Wildman–Crippen LogP) is 1.15. The number of hydrogen-bond acceptors (Lipinski definition) is 4. The van der Waals surface area contributed by atoms with Crippen LogP contribution in [0.1, 0.15) is 12.8 Å². The fourth-order valence-corrected chi connectivity index (χ4v) is 2.33. The highest BCUT2D eigenvalue weighted by Gasteiger charge is 2.19. The molecule has 1 saturated heterocycles. The second-order valence-electron chi connectivity index (χ2n) is 5.38. The minimum absolute atomic E-state index is 0.0499. The maximum Gasteiger partial charge on any atom is 0.241 e. The number of carbonyl (C=O) groups is 1. The number of nitrogens with zero attached hydrogens (tertiary/aromatic N) is 2. The first-order chi connectivity index (χ1) is 9.58. The molecule has 1 amide bonds. The predicted molar refractivity (Wildman–Crippen MR) is 81.1 cm³/mol. The van der Waals surface area contributed by atoms with Crippen molar-refractivity contribution < 1.29 is 9.90 Å². The van der Waals surface area contributed by atoms with Crippen molar-refractivity contribution in [2.45, 2.75) is 18.9 Å². The molecule has 1 aromatic rings. The molecule has 1 aromatic carbocycles. The van der Waals surface area contributed by atoms with Crippen LogP contribution >= 0.6 is 0 Å². The number of benzene rings is 1. The molecule has 0 aliphatic carbocycles. The molecule has 1 fully saturated rings. The van der Waals surface area contributed by atoms with Crippen LogP contribution < -0.4 is 10.2 Å². The number of nitrogens with one attached hydrogen (secondary N) is 1. The van der Waals surface area contributed by atoms with Crippen molar-refractivity contribution in [2.24, 2.45) is 0 Å². The number of aliphatic hydroxyl groups is 1. The number of para-hydroxylation sites is 2. The van der Waals surface area contributed by atoms with E-state index >= 15 is 0 Å². The van der Waals surface area contributed by atoms with Crippen LogP contribution in [0, 0.1) is 0 Å². The summed E-state index contributed by atoms with van der Waals surface area (Å²) in [5.41, 5.74) is 2.07. The van der Waals surface area contributed by atoms with Crippen LogP contribution in [0.15, 0.2) is 24.3 Å². The van der Waals surface area contributed by atoms with Gasteiger partial charge in [0.2, 0.25) is 5.91 Å². The minimum Gasteiger partial charge on any atom is -0.393 e. The summed E-state index contributed by atoms with van der Waals surface area (Å²) in [6.07, 6.45) is 1.41. The lowest BCUT2D eigenvalue weighted by atomic mass is 10.1. The summed E-state index contributed by atoms with van der Waals surface area (Å²) in [6, 6.07) is 8.01. The summed E-state index contributed by atoms with van der Waals surface area (Å²) in [6.45, 7) is 1.99. The Bertz CT molecular complexity index is 454. The van der Waals surface area contributed by atoms with E-state index in [4.69, 9.17) is 0 Å². The monoisotopic (exact) mass is 277 g/mol. The molecule has 0 atom stereocenters. The van der Waals surface area contributed by atoms with E-state index in [0.717, 1.165) is 37.3 Å². The number of anilines is 2. The number of carbonyl (C=O) groups excluding carboxylic acids is 1. The third kappa shape index (κ3) is 3.63. The summed E-state index contributed by atoms with van der Waals surface area (Å²) < 4.78 is 0. The zero-order chi connectivity index (χ0) is 14.5. The number of amides is 1. The Morgan fingerprint density at radius 2 is 2.00 bits per heavy atom. The number of rotatable bonds is 4. The molecule has 1 aliphatic rings. The van der Waals surface area contributed by atoms with E-state index in [-0.39, 0.29) is 12.0 Å². The van der Waals surface area contributed by atoms with Gasteiger partial charge < -0.3 is 20.2 Å². The highest BCUT2D eigenvalue weighted by molar-refractivity contribution is 5.82. The van der Waals surface area contributed by atoms with Crippen molar-refractivity contribution >= 4 is 17.3 Å². The number of hydrogen-bond donors (Lipinski definition) is 2. The molecule has 5 nitrogen and oxygen atoms in total. The van der Waals surface area contributed by atoms with Gasteiger partial charge in [0.15, 0.2) is 0 Å². The summed E-state index contributed by atoms with van der Waals surface area (Å²) in [5, 5.41) is 12.8. The Hall–Kier alpha value is -1.75. The Labute approximate surface area is 120 Å². The quantitative estimate of drug-likeness (QED) is 0.867. The first-order valence-electron chi connectivity index (χ1n) is 7.04. The third-order valence-corrected chi connectivity index (χ3v) is 3.64. The van der Waals surface area contributed by atoms with Gasteiger partial charge in [-0.1, -0.05) is 12.1 Å². The first-order valence-corrected chi connectivity index (χ1v) is 7.04. The lowest BCUT2D eigenvalue weighted by Gasteiger charge is -2.33. The van der Waals surface area contributed by atoms with Crippen molar-refractivity contribution in [3.05, 3.63) is 24.3 Å². The van der Waals surface area contributed by atoms with Gasteiger partial charge in [-0.05, 0) is 25.0 Å². The molecular weight excluding hydrogens is 254 g/mol. The van der Waals surface area contributed by atoms with Crippen molar-refractivity contribution in [3.8, 4) is 0 Å². The number of aliphatic hydroxyl groups excluding tert-OH is 1. The van der Waals surface area contributed by atoms with E-state index < -0.39 is 0 Å². The molecule has 0 aromatic heterocycles. The van der Waals surface area contributed by atoms with Crippen LogP contribution in [0.5, 0.6) is 0 Å². The Morgan fingerprint density at radius 1 is 1.35 bits per heavy atom. The number of piperidine rings is 1. The zero-order valence-corrected chi connectivity index (χ0v) is 12.2. The number of likely N-dealkylation sites (N-methyl/N-ethyl adjacent to an activating group) is 1. The van der Waals surface area contributed by atoms with E-state index in [1.807, 2.05) is 18.2 Å². The normalized spacial score (nSPS) is 16.1. The molecule has 0 saturated carbocycles. The van der Waals surface area contributed by atoms with Crippen molar-refractivity contribution in [2.75, 3.05) is 43.9 Å². The summed E-state index contributed by atoms with van der Waals surface area (Å²) in [4.78, 5) is 15.5. The maximum atomic E-state index is 11.7. The molecule has 0 bridgehead atoms. The van der Waals surface area contributed by atoms with Crippen molar-refractivity contribution in [1.29, 1.82) is 0 Å². The van der Waals surface area contributed by atoms with E-state index in [0.29, 0.717) is 6.54 Å². The lowest BCUT2D eigenvalue weighted by Crippen LogP contribution is -2.36. The summed E-state index contributed by atoms with van der Waals surface area (Å²) in [7, 11) is 3.50. The lowest BCUT2D eigenvalue weighted by molar-refractivity contribution is -0.126. The van der Waals surface area contributed by atoms with Gasteiger partial charge in [-0.15, -0.1) is 0 Å². The maximum absolute atomic E-state index is 11.7. The van der Waals surface area contributed by atoms with Crippen LogP contribution in [-0.2, 0) is 4.79 Å². The highest BCUT2D eigenvalue weighted by Crippen LogP contribution is 2.28. The van der Waals surface area contributed by atoms with Gasteiger partial charge in [0, 0.05) is 27.2 Å². The Morgan fingerprint density at radius 3 is 2.65 bits per heavy atom. The van der Waals surface area contributed by atoms with Gasteiger partial charge in [-0.2, -0.15) is 0 Å². The molecule has 2 N–H and O–H groups in total. The van der Waals surface area contributed by atoms with Crippen LogP contribution in [0.25, 0.3) is 0 Å². The van der Waals surface area contributed by atoms with Gasteiger partial charge in [-0.25, -0.2) is 0 Å². The fourth-order valence-electron chi connectivity index (χ4n) is 2.33. The third-order valence-electron chi connectivity index (χ3n) is 3.64. The average Bonchev–Trinajstić information content (AvgIpc) is 2.46. The van der Waals surface area contributed by atoms with Gasteiger partial charge in [0.05, 0.1) is 24.0 Å². The van der Waals surface area contributed by atoms with Gasteiger partial charge in [-0.3, -0.25) is 4.79 Å². The summed E-state index contributed by atoms with van der Waals surface area (Å²) in [5.74, 6) is 0.0499. The molecule has 110 valence electrons. The molecule has 1 aliphatic heterocycles. The largest absolute Gasteiger partial charge is 0.393 e. The van der Waals surface area contributed by atoms with Crippen molar-refractivity contribution in [1.82, 2.24) is 4.90 Å². The molecule has 5 heteroatoms. The molecular formula is C15H23N3O2. The molecule has 20 heavy (non-hydrogen) atoms. The smallest absolute Gasteiger partial charge is 0.241 e. The Kier molecular flexibility index (Phi) is 4.84. The molecule has 1 heterocycles. The topological polar surface area (TPSA) is 55.8 Å². The van der Waals surface area contributed by atoms with Gasteiger partial charge in [0.25, 0.3) is 0 Å². The van der Waals surface area contributed by atoms with E-state index in [1.54, 1.807) is 19.0 Å². The molecule has 2 rings (SSSR count). The zero-order valence-electron chi connectivity index (χ0n) is 12.2. The van der Waals surface area contributed by atoms with Crippen LogP contribution in [-0.4, -0.2) is 55.7 Å². The average molecular weight is 277 g/mol. The van der Waals surface area contributed by atoms with Gasteiger partial charge in [0.1, 0.15) is 0 Å². The highest BCUT2D eigenvalue weighted by atomic mass is 16.3. The van der Waals surface area contributed by atoms with E-state index in [9.17, 15) is 9.90 Å². The van der Waals surface area contributed by atoms with E-state index in [2.05, 4.69) is 16.3 Å². The Balaban J connectivity index is 2.04. The summed E-state index contributed by atoms with van der Waals surface area (Å²) >= 11 is 0. The second kappa shape index (κ2) is 6.61. The van der Waals surface area contributed by atoms with Crippen LogP contribution in [0.3, 0.4) is 0 Å².